The number of nitrogens with zero attached hydrogens (tertiary/aromatic N) is 1. The van der Waals surface area contributed by atoms with Crippen LogP contribution in [0.25, 0.3) is 0 Å². The highest BCUT2D eigenvalue weighted by Crippen LogP contribution is 2.27. The number of aliphatic hydroxyl groups excluding tert-OH is 2. The summed E-state index contributed by atoms with van der Waals surface area (Å²) in [5.41, 5.74) is 0. The summed E-state index contributed by atoms with van der Waals surface area (Å²) in [4.78, 5) is 24.3. The average molecular weight is 304 g/mol. The molecule has 2 rings (SSSR count). The number of carbonyl (C=O) groups is 2. The summed E-state index contributed by atoms with van der Waals surface area (Å²) in [6, 6.07) is -0.595. The van der Waals surface area contributed by atoms with Crippen molar-refractivity contribution in [2.75, 3.05) is 33.5 Å². The number of rotatable bonds is 6. The molecule has 0 aromatic carbocycles. The maximum absolute atomic E-state index is 11.9. The topological polar surface area (TPSA) is 118 Å². The number of hydrogen-bond donors (Lipinski definition) is 3. The normalized spacial score (nSPS) is 33.4. The molecule has 0 saturated carbocycles. The van der Waals surface area contributed by atoms with Gasteiger partial charge in [0.15, 0.2) is 6.23 Å². The van der Waals surface area contributed by atoms with Gasteiger partial charge in [0.25, 0.3) is 0 Å². The van der Waals surface area contributed by atoms with E-state index in [1.807, 2.05) is 0 Å². The Balaban J connectivity index is 2.06. The Hall–Kier alpha value is -1.26. The van der Waals surface area contributed by atoms with Crippen LogP contribution < -0.4 is 5.32 Å². The van der Waals surface area contributed by atoms with Gasteiger partial charge < -0.3 is 24.4 Å². The second kappa shape index (κ2) is 7.14. The van der Waals surface area contributed by atoms with Gasteiger partial charge in [-0.3, -0.25) is 15.0 Å². The van der Waals surface area contributed by atoms with Crippen LogP contribution in [0, 0.1) is 0 Å². The number of aliphatic hydroxyl groups is 2. The highest BCUT2D eigenvalue weighted by molar-refractivity contribution is 5.96. The van der Waals surface area contributed by atoms with Crippen LogP contribution in [-0.2, 0) is 19.0 Å². The summed E-state index contributed by atoms with van der Waals surface area (Å²) in [5.74, 6) is -0.356. The van der Waals surface area contributed by atoms with Crippen LogP contribution in [0.3, 0.4) is 0 Å². The first-order chi connectivity index (χ1) is 10.1. The molecule has 120 valence electrons. The van der Waals surface area contributed by atoms with Crippen molar-refractivity contribution in [2.24, 2.45) is 0 Å². The summed E-state index contributed by atoms with van der Waals surface area (Å²) < 4.78 is 15.9. The summed E-state index contributed by atoms with van der Waals surface area (Å²) in [6.45, 7) is 0.315. The average Bonchev–Trinajstić information content (AvgIpc) is 2.76. The number of urea groups is 1. The SMILES string of the molecule is COCCO[C@H]1[C@@H](O)[C@@H](CO)O[C@H]1N1CCC(=O)NC1=O. The van der Waals surface area contributed by atoms with Crippen LogP contribution in [0.1, 0.15) is 6.42 Å². The number of imide groups is 1. The maximum atomic E-state index is 11.9. The smallest absolute Gasteiger partial charge is 0.326 e. The van der Waals surface area contributed by atoms with E-state index in [2.05, 4.69) is 5.32 Å². The van der Waals surface area contributed by atoms with Gasteiger partial charge in [-0.05, 0) is 0 Å². The molecule has 0 spiro atoms. The number of nitrogens with one attached hydrogen (secondary N) is 1. The quantitative estimate of drug-likeness (QED) is 0.488. The molecule has 2 aliphatic heterocycles. The lowest BCUT2D eigenvalue weighted by atomic mass is 10.1. The van der Waals surface area contributed by atoms with Crippen molar-refractivity contribution >= 4 is 11.9 Å². The summed E-state index contributed by atoms with van der Waals surface area (Å²) >= 11 is 0. The highest BCUT2D eigenvalue weighted by Gasteiger charge is 2.49. The van der Waals surface area contributed by atoms with Crippen LogP contribution in [0.4, 0.5) is 4.79 Å². The van der Waals surface area contributed by atoms with Crippen LogP contribution in [0.15, 0.2) is 0 Å². The standard InChI is InChI=1S/C12H20N2O7/c1-19-4-5-20-10-9(17)7(6-15)21-11(10)14-3-2-8(16)13-12(14)18/h7,9-11,15,17H,2-6H2,1H3,(H,13,16,18)/t7-,9+,10+,11-/m1/s1. The predicted molar refractivity (Wildman–Crippen MR) is 68.2 cm³/mol. The van der Waals surface area contributed by atoms with Crippen molar-refractivity contribution in [1.82, 2.24) is 10.2 Å². The van der Waals surface area contributed by atoms with Gasteiger partial charge in [0, 0.05) is 20.1 Å². The Morgan fingerprint density at radius 1 is 1.43 bits per heavy atom. The van der Waals surface area contributed by atoms with Gasteiger partial charge in [0.1, 0.15) is 18.3 Å². The van der Waals surface area contributed by atoms with Crippen LogP contribution in [0.2, 0.25) is 0 Å². The molecule has 2 heterocycles. The van der Waals surface area contributed by atoms with Crippen LogP contribution in [-0.4, -0.2) is 85.1 Å². The van der Waals surface area contributed by atoms with Crippen molar-refractivity contribution in [3.05, 3.63) is 0 Å². The predicted octanol–water partition coefficient (Wildman–Crippen LogP) is -1.96. The molecule has 2 fully saturated rings. The monoisotopic (exact) mass is 304 g/mol. The van der Waals surface area contributed by atoms with Crippen molar-refractivity contribution in [3.8, 4) is 0 Å². The Kier molecular flexibility index (Phi) is 5.48. The van der Waals surface area contributed by atoms with E-state index in [-0.39, 0.29) is 25.5 Å². The van der Waals surface area contributed by atoms with E-state index in [1.165, 1.54) is 12.0 Å². The minimum Gasteiger partial charge on any atom is -0.394 e. The maximum Gasteiger partial charge on any atom is 0.326 e. The van der Waals surface area contributed by atoms with E-state index >= 15 is 0 Å². The van der Waals surface area contributed by atoms with Crippen LogP contribution >= 0.6 is 0 Å². The molecule has 0 bridgehead atoms. The summed E-state index contributed by atoms with van der Waals surface area (Å²) in [6.07, 6.45) is -3.43. The van der Waals surface area contributed by atoms with E-state index in [9.17, 15) is 19.8 Å². The van der Waals surface area contributed by atoms with E-state index in [0.29, 0.717) is 6.61 Å². The number of carbonyl (C=O) groups excluding carboxylic acids is 2. The molecular weight excluding hydrogens is 284 g/mol. The molecule has 3 amide bonds. The third-order valence-corrected chi connectivity index (χ3v) is 3.48. The number of amides is 3. The van der Waals surface area contributed by atoms with E-state index in [4.69, 9.17) is 14.2 Å². The number of hydrogen-bond acceptors (Lipinski definition) is 7. The highest BCUT2D eigenvalue weighted by atomic mass is 16.6. The van der Waals surface area contributed by atoms with Crippen molar-refractivity contribution < 1.29 is 34.0 Å². The van der Waals surface area contributed by atoms with E-state index in [1.54, 1.807) is 0 Å². The Morgan fingerprint density at radius 2 is 2.19 bits per heavy atom. The molecular formula is C12H20N2O7. The molecule has 0 aromatic rings. The lowest BCUT2D eigenvalue weighted by Crippen LogP contribution is -2.57. The molecule has 9 heteroatoms. The molecule has 9 nitrogen and oxygen atoms in total. The fourth-order valence-corrected chi connectivity index (χ4v) is 2.39. The fourth-order valence-electron chi connectivity index (χ4n) is 2.39. The van der Waals surface area contributed by atoms with Crippen molar-refractivity contribution in [1.29, 1.82) is 0 Å². The second-order valence-electron chi connectivity index (χ2n) is 4.86. The Labute approximate surface area is 121 Å². The van der Waals surface area contributed by atoms with Crippen LogP contribution in [0.5, 0.6) is 0 Å². The summed E-state index contributed by atoms with van der Waals surface area (Å²) in [7, 11) is 1.52. The lowest BCUT2D eigenvalue weighted by molar-refractivity contribution is -0.128. The van der Waals surface area contributed by atoms with Gasteiger partial charge in [-0.2, -0.15) is 0 Å². The molecule has 0 aromatic heterocycles. The van der Waals surface area contributed by atoms with E-state index < -0.39 is 37.2 Å². The largest absolute Gasteiger partial charge is 0.394 e. The molecule has 2 aliphatic rings. The first-order valence-electron chi connectivity index (χ1n) is 6.74. The molecule has 2 saturated heterocycles. The minimum atomic E-state index is -1.07. The Bertz CT molecular complexity index is 392. The molecule has 4 atom stereocenters. The molecule has 21 heavy (non-hydrogen) atoms. The molecule has 0 aliphatic carbocycles. The minimum absolute atomic E-state index is 0.149. The van der Waals surface area contributed by atoms with Gasteiger partial charge in [-0.25, -0.2) is 4.79 Å². The lowest BCUT2D eigenvalue weighted by Gasteiger charge is -2.34. The first kappa shape index (κ1) is 16.1. The molecule has 3 N–H and O–H groups in total. The third kappa shape index (κ3) is 3.50. The van der Waals surface area contributed by atoms with Gasteiger partial charge in [-0.15, -0.1) is 0 Å². The zero-order valence-electron chi connectivity index (χ0n) is 11.7. The van der Waals surface area contributed by atoms with Gasteiger partial charge in [0.2, 0.25) is 5.91 Å². The third-order valence-electron chi connectivity index (χ3n) is 3.48. The number of methoxy groups -OCH3 is 1. The molecule has 0 radical (unpaired) electrons. The zero-order chi connectivity index (χ0) is 15.4. The van der Waals surface area contributed by atoms with Crippen molar-refractivity contribution in [3.63, 3.8) is 0 Å². The number of ether oxygens (including phenoxy) is 3. The van der Waals surface area contributed by atoms with E-state index in [0.717, 1.165) is 0 Å². The fraction of sp³-hybridized carbons (Fsp3) is 0.833. The zero-order valence-corrected chi connectivity index (χ0v) is 11.7. The molecule has 0 unspecified atom stereocenters. The first-order valence-corrected chi connectivity index (χ1v) is 6.74. The second-order valence-corrected chi connectivity index (χ2v) is 4.86. The van der Waals surface area contributed by atoms with Crippen molar-refractivity contribution in [2.45, 2.75) is 31.0 Å². The van der Waals surface area contributed by atoms with Gasteiger partial charge in [-0.1, -0.05) is 0 Å². The Morgan fingerprint density at radius 3 is 2.81 bits per heavy atom. The van der Waals surface area contributed by atoms with Gasteiger partial charge >= 0.3 is 6.03 Å². The summed E-state index contributed by atoms with van der Waals surface area (Å²) in [5, 5.41) is 21.5. The van der Waals surface area contributed by atoms with Gasteiger partial charge in [0.05, 0.1) is 19.8 Å².